The van der Waals surface area contributed by atoms with Crippen LogP contribution in [0, 0.1) is 23.5 Å². The van der Waals surface area contributed by atoms with Crippen LogP contribution in [0.1, 0.15) is 75.3 Å². The zero-order valence-corrected chi connectivity index (χ0v) is 38.4. The molecule has 2 amide bonds. The van der Waals surface area contributed by atoms with Crippen LogP contribution >= 0.6 is 0 Å². The van der Waals surface area contributed by atoms with E-state index in [1.807, 2.05) is 6.07 Å². The lowest BCUT2D eigenvalue weighted by Crippen LogP contribution is -2.43. The maximum atomic E-state index is 14.1. The van der Waals surface area contributed by atoms with Crippen LogP contribution in [0.5, 0.6) is 0 Å². The van der Waals surface area contributed by atoms with Gasteiger partial charge in [-0.2, -0.15) is 21.8 Å². The van der Waals surface area contributed by atoms with Gasteiger partial charge in [-0.3, -0.25) is 14.6 Å². The third-order valence-corrected chi connectivity index (χ3v) is 15.5. The van der Waals surface area contributed by atoms with Crippen LogP contribution in [-0.4, -0.2) is 87.5 Å². The van der Waals surface area contributed by atoms with Crippen molar-refractivity contribution in [1.29, 1.82) is 0 Å². The number of aromatic nitrogens is 5. The molecule has 0 aliphatic carbocycles. The van der Waals surface area contributed by atoms with Crippen LogP contribution in [0.3, 0.4) is 0 Å². The highest BCUT2D eigenvalue weighted by atomic mass is 32.2. The summed E-state index contributed by atoms with van der Waals surface area (Å²) in [6.07, 6.45) is 4.32. The molecule has 0 radical (unpaired) electrons. The number of aryl methyl sites for hydroxylation is 2. The number of sulfonamides is 2. The van der Waals surface area contributed by atoms with Crippen LogP contribution in [0.2, 0.25) is 0 Å². The Balaban J connectivity index is 0.000000202. The number of hydrogen-bond acceptors (Lipinski definition) is 9. The van der Waals surface area contributed by atoms with Crippen molar-refractivity contribution >= 4 is 31.9 Å². The van der Waals surface area contributed by atoms with Crippen molar-refractivity contribution in [3.8, 4) is 0 Å². The number of carbonyl (C=O) groups excluding carboxylic acids is 2. The van der Waals surface area contributed by atoms with Gasteiger partial charge < -0.3 is 19.8 Å². The fraction of sp³-hybridized carbons (Fsp3) is 0.326. The summed E-state index contributed by atoms with van der Waals surface area (Å²) >= 11 is 0. The minimum atomic E-state index is -4.67. The molecule has 68 heavy (non-hydrogen) atoms. The first-order valence-corrected chi connectivity index (χ1v) is 24.4. The number of amides is 2. The molecule has 0 saturated carbocycles. The number of hydrogen-bond donors (Lipinski definition) is 2. The van der Waals surface area contributed by atoms with E-state index in [1.54, 1.807) is 71.9 Å². The molecule has 3 aromatic heterocycles. The fourth-order valence-electron chi connectivity index (χ4n) is 8.41. The summed E-state index contributed by atoms with van der Waals surface area (Å²) in [6.45, 7) is 0.859. The molecule has 8 rings (SSSR count). The number of rotatable bonds is 12. The molecule has 0 spiro atoms. The van der Waals surface area contributed by atoms with E-state index < -0.39 is 78.4 Å². The van der Waals surface area contributed by atoms with Crippen molar-refractivity contribution in [3.63, 3.8) is 0 Å². The summed E-state index contributed by atoms with van der Waals surface area (Å²) in [5.74, 6) is -3.98. The smallest absolute Gasteiger partial charge is 0.345 e. The summed E-state index contributed by atoms with van der Waals surface area (Å²) in [7, 11) is -4.11. The van der Waals surface area contributed by atoms with Gasteiger partial charge in [-0.25, -0.2) is 35.6 Å². The van der Waals surface area contributed by atoms with Crippen LogP contribution in [0.4, 0.5) is 22.0 Å². The summed E-state index contributed by atoms with van der Waals surface area (Å²) < 4.78 is 126. The van der Waals surface area contributed by atoms with Gasteiger partial charge in [0.25, 0.3) is 31.9 Å². The first-order valence-electron chi connectivity index (χ1n) is 21.5. The Bertz CT molecular complexity index is 2900. The predicted octanol–water partition coefficient (Wildman–Crippen LogP) is 6.68. The number of alkyl halides is 3. The van der Waals surface area contributed by atoms with Crippen molar-refractivity contribution in [2.45, 2.75) is 54.0 Å². The number of nitrogens with one attached hydrogen (secondary N) is 2. The second kappa shape index (κ2) is 20.9. The van der Waals surface area contributed by atoms with Crippen molar-refractivity contribution in [2.24, 2.45) is 25.9 Å². The third-order valence-electron chi connectivity index (χ3n) is 11.9. The van der Waals surface area contributed by atoms with E-state index in [-0.39, 0.29) is 48.1 Å². The van der Waals surface area contributed by atoms with Gasteiger partial charge in [0.05, 0.1) is 41.6 Å². The van der Waals surface area contributed by atoms with Gasteiger partial charge >= 0.3 is 6.18 Å². The zero-order valence-electron chi connectivity index (χ0n) is 36.8. The van der Waals surface area contributed by atoms with Gasteiger partial charge in [0.2, 0.25) is 0 Å². The highest BCUT2D eigenvalue weighted by Gasteiger charge is 2.39. The summed E-state index contributed by atoms with van der Waals surface area (Å²) in [5, 5.41) is 5.47. The number of nitrogens with zero attached hydrogens (tertiary/aromatic N) is 7. The Morgan fingerprint density at radius 2 is 1.10 bits per heavy atom. The molecule has 2 N–H and O–H groups in total. The van der Waals surface area contributed by atoms with Gasteiger partial charge in [0.1, 0.15) is 17.2 Å². The van der Waals surface area contributed by atoms with E-state index in [0.717, 1.165) is 29.8 Å². The van der Waals surface area contributed by atoms with Gasteiger partial charge in [-0.1, -0.05) is 54.6 Å². The molecule has 2 saturated heterocycles. The van der Waals surface area contributed by atoms with E-state index in [2.05, 4.69) is 25.6 Å². The Morgan fingerprint density at radius 3 is 1.59 bits per heavy atom. The highest BCUT2D eigenvalue weighted by molar-refractivity contribution is 7.89. The minimum absolute atomic E-state index is 0.0203. The molecule has 2 aliphatic heterocycles. The lowest BCUT2D eigenvalue weighted by molar-refractivity contribution is -0.138. The van der Waals surface area contributed by atoms with Gasteiger partial charge in [-0.05, 0) is 79.5 Å². The van der Waals surface area contributed by atoms with E-state index in [4.69, 9.17) is 0 Å². The average molecular weight is 982 g/mol. The molecule has 0 bridgehead atoms. The molecule has 5 heterocycles. The largest absolute Gasteiger partial charge is 0.417 e. The second-order valence-electron chi connectivity index (χ2n) is 16.4. The quantitative estimate of drug-likeness (QED) is 0.127. The Morgan fingerprint density at radius 1 is 0.618 bits per heavy atom. The average Bonchev–Trinajstić information content (AvgIpc) is 3.99. The standard InChI is InChI=1S/C24H25F3N4O3S.C22H23F2N5O3S/c1-30-15-21(28-16-30)35(33,34)31-13-11-18(12-14-31)22(17-7-3-2-4-8-17)29-23(32)19-9-5-6-10-20(19)24(25,26)27;1-28-13-19(26-14-28)33(31,32)29-11-8-15(9-12-29)21(18-7-2-3-10-25-18)27-22(30)20-16(23)5-4-6-17(20)24/h2-10,15-16,18,22H,11-14H2,1H3,(H,29,32);2-7,10,13-15,21H,8-9,11-12H2,1H3,(H,27,30). The molecule has 6 aromatic rings. The van der Waals surface area contributed by atoms with Gasteiger partial charge in [-0.15, -0.1) is 0 Å². The van der Waals surface area contributed by atoms with Crippen molar-refractivity contribution in [1.82, 2.24) is 43.3 Å². The maximum Gasteiger partial charge on any atom is 0.417 e. The number of benzene rings is 3. The number of imidazole rings is 2. The molecule has 2 unspecified atom stereocenters. The Kier molecular flexibility index (Phi) is 15.2. The number of carbonyl (C=O) groups is 2. The van der Waals surface area contributed by atoms with Crippen molar-refractivity contribution < 1.29 is 48.4 Å². The van der Waals surface area contributed by atoms with E-state index in [9.17, 15) is 48.4 Å². The van der Waals surface area contributed by atoms with Gasteiger partial charge in [0.15, 0.2) is 10.1 Å². The topological polar surface area (TPSA) is 181 Å². The third kappa shape index (κ3) is 11.3. The second-order valence-corrected chi connectivity index (χ2v) is 20.2. The Hall–Kier alpha value is -6.36. The molecule has 2 aliphatic rings. The predicted molar refractivity (Wildman–Crippen MR) is 238 cm³/mol. The SMILES string of the molecule is Cn1cnc(S(=O)(=O)N2CCC(C(NC(=O)c3c(F)cccc3F)c3ccccn3)CC2)c1.Cn1cnc(S(=O)(=O)N2CCC(C(NC(=O)c3ccccc3C(F)(F)F)c3ccccc3)CC2)c1. The van der Waals surface area contributed by atoms with E-state index in [1.165, 1.54) is 51.9 Å². The summed E-state index contributed by atoms with van der Waals surface area (Å²) in [6, 6.07) is 20.9. The molecule has 2 fully saturated rings. The summed E-state index contributed by atoms with van der Waals surface area (Å²) in [4.78, 5) is 38.0. The molecular formula is C46H48F5N9O6S2. The van der Waals surface area contributed by atoms with Crippen molar-refractivity contribution in [2.75, 3.05) is 26.2 Å². The lowest BCUT2D eigenvalue weighted by atomic mass is 9.85. The zero-order chi connectivity index (χ0) is 48.8. The van der Waals surface area contributed by atoms with E-state index in [0.29, 0.717) is 31.4 Å². The molecule has 15 nitrogen and oxygen atoms in total. The molecule has 360 valence electrons. The van der Waals surface area contributed by atoms with Gasteiger partial charge in [0, 0.05) is 58.9 Å². The van der Waals surface area contributed by atoms with Crippen LogP contribution < -0.4 is 10.6 Å². The molecule has 3 aromatic carbocycles. The first kappa shape index (κ1) is 49.5. The number of pyridine rings is 1. The Labute approximate surface area is 390 Å². The molecule has 2 atom stereocenters. The molecule has 22 heteroatoms. The first-order chi connectivity index (χ1) is 32.3. The van der Waals surface area contributed by atoms with E-state index >= 15 is 0 Å². The fourth-order valence-corrected chi connectivity index (χ4v) is 11.3. The lowest BCUT2D eigenvalue weighted by Gasteiger charge is -2.36. The maximum absolute atomic E-state index is 14.1. The molecular weight excluding hydrogens is 934 g/mol. The van der Waals surface area contributed by atoms with Crippen LogP contribution in [0.15, 0.2) is 132 Å². The monoisotopic (exact) mass is 981 g/mol. The number of piperidine rings is 2. The number of halogens is 5. The van der Waals surface area contributed by atoms with Crippen LogP contribution in [0.25, 0.3) is 0 Å². The normalized spacial score (nSPS) is 16.6. The minimum Gasteiger partial charge on any atom is -0.345 e. The van der Waals surface area contributed by atoms with Crippen molar-refractivity contribution in [3.05, 3.63) is 162 Å². The summed E-state index contributed by atoms with van der Waals surface area (Å²) in [5.41, 5.74) is -0.824. The van der Waals surface area contributed by atoms with Crippen LogP contribution in [-0.2, 0) is 40.3 Å². The highest BCUT2D eigenvalue weighted by Crippen LogP contribution is 2.36.